The van der Waals surface area contributed by atoms with E-state index < -0.39 is 0 Å². The van der Waals surface area contributed by atoms with Crippen LogP contribution in [0.4, 0.5) is 0 Å². The quantitative estimate of drug-likeness (QED) is 0.464. The predicted octanol–water partition coefficient (Wildman–Crippen LogP) is 4.97. The molecule has 0 spiro atoms. The first-order valence-corrected chi connectivity index (χ1v) is 10.4. The van der Waals surface area contributed by atoms with Crippen LogP contribution in [0.2, 0.25) is 0 Å². The summed E-state index contributed by atoms with van der Waals surface area (Å²) in [6.07, 6.45) is 8.07. The van der Waals surface area contributed by atoms with E-state index in [1.54, 1.807) is 22.7 Å². The number of aliphatic imine (C=N–C) groups is 1. The van der Waals surface area contributed by atoms with Crippen molar-refractivity contribution in [3.63, 3.8) is 0 Å². The molecule has 0 aliphatic carbocycles. The topological polar surface area (TPSA) is 48.8 Å². The minimum absolute atomic E-state index is 0.715. The Balaban J connectivity index is 1.75. The molecule has 3 rings (SSSR count). The fraction of sp³-hybridized carbons (Fsp3) is 0.125. The van der Waals surface area contributed by atoms with Gasteiger partial charge in [-0.2, -0.15) is 5.10 Å². The first kappa shape index (κ1) is 17.6. The van der Waals surface area contributed by atoms with Crippen LogP contribution in [0, 0.1) is 0 Å². The van der Waals surface area contributed by atoms with Gasteiger partial charge in [0.25, 0.3) is 0 Å². The van der Waals surface area contributed by atoms with Gasteiger partial charge in [-0.1, -0.05) is 0 Å². The summed E-state index contributed by atoms with van der Waals surface area (Å²) < 4.78 is 2.23. The Morgan fingerprint density at radius 1 is 1.08 bits per heavy atom. The van der Waals surface area contributed by atoms with Gasteiger partial charge in [0, 0.05) is 16.3 Å². The van der Waals surface area contributed by atoms with Gasteiger partial charge in [0.15, 0.2) is 0 Å². The van der Waals surface area contributed by atoms with Crippen LogP contribution < -0.4 is 10.7 Å². The highest BCUT2D eigenvalue weighted by Gasteiger charge is 2.02. The monoisotopic (exact) mass is 484 g/mol. The van der Waals surface area contributed by atoms with Gasteiger partial charge in [0.05, 0.1) is 19.8 Å². The zero-order chi connectivity index (χ0) is 16.8. The van der Waals surface area contributed by atoms with Gasteiger partial charge < -0.3 is 5.32 Å². The number of nitrogens with one attached hydrogen (secondary N) is 2. The Morgan fingerprint density at radius 2 is 1.71 bits per heavy atom. The maximum atomic E-state index is 4.44. The summed E-state index contributed by atoms with van der Waals surface area (Å²) in [4.78, 5) is 6.61. The summed E-state index contributed by atoms with van der Waals surface area (Å²) >= 11 is 10.3. The van der Waals surface area contributed by atoms with Crippen LogP contribution >= 0.6 is 54.5 Å². The van der Waals surface area contributed by atoms with Crippen molar-refractivity contribution in [2.45, 2.75) is 0 Å². The molecule has 0 saturated carbocycles. The molecule has 0 fully saturated rings. The molecule has 0 unspecified atom stereocenters. The van der Waals surface area contributed by atoms with Crippen LogP contribution in [0.3, 0.4) is 0 Å². The van der Waals surface area contributed by atoms with Crippen molar-refractivity contribution in [3.8, 4) is 0 Å². The molecular weight excluding hydrogens is 472 g/mol. The third-order valence-electron chi connectivity index (χ3n) is 2.99. The Labute approximate surface area is 165 Å². The highest BCUT2D eigenvalue weighted by Crippen LogP contribution is 2.24. The lowest BCUT2D eigenvalue weighted by Crippen LogP contribution is -2.30. The van der Waals surface area contributed by atoms with Crippen molar-refractivity contribution < 1.29 is 0 Å². The normalized spacial score (nSPS) is 14.2. The molecule has 8 heteroatoms. The summed E-state index contributed by atoms with van der Waals surface area (Å²) in [6.45, 7) is 1.64. The number of hydrogen-bond donors (Lipinski definition) is 2. The largest absolute Gasteiger partial charge is 0.353 e. The zero-order valence-corrected chi connectivity index (χ0v) is 17.3. The van der Waals surface area contributed by atoms with E-state index in [4.69, 9.17) is 0 Å². The van der Waals surface area contributed by atoms with Gasteiger partial charge in [0.2, 0.25) is 5.96 Å². The molecule has 2 N–H and O–H groups in total. The minimum atomic E-state index is 0.715. The van der Waals surface area contributed by atoms with Crippen molar-refractivity contribution in [2.75, 3.05) is 13.1 Å². The second-order valence-corrected chi connectivity index (χ2v) is 9.75. The van der Waals surface area contributed by atoms with Gasteiger partial charge in [0.1, 0.15) is 0 Å². The Morgan fingerprint density at radius 3 is 2.17 bits per heavy atom. The second kappa shape index (κ2) is 8.75. The predicted molar refractivity (Wildman–Crippen MR) is 113 cm³/mol. The number of hydrazone groups is 1. The molecule has 0 bridgehead atoms. The highest BCUT2D eigenvalue weighted by atomic mass is 79.9. The van der Waals surface area contributed by atoms with Crippen LogP contribution in [-0.4, -0.2) is 24.8 Å². The summed E-state index contributed by atoms with van der Waals surface area (Å²) in [6, 6.07) is 8.21. The van der Waals surface area contributed by atoms with E-state index in [0.717, 1.165) is 36.1 Å². The fourth-order valence-corrected chi connectivity index (χ4v) is 4.54. The van der Waals surface area contributed by atoms with Crippen molar-refractivity contribution >= 4 is 78.4 Å². The zero-order valence-electron chi connectivity index (χ0n) is 12.5. The smallest absolute Gasteiger partial charge is 0.212 e. The second-order valence-electron chi connectivity index (χ2n) is 4.76. The lowest BCUT2D eigenvalue weighted by molar-refractivity contribution is 0.918. The molecule has 0 aromatic carbocycles. The summed E-state index contributed by atoms with van der Waals surface area (Å²) in [5.74, 6) is 0.715. The van der Waals surface area contributed by atoms with Crippen LogP contribution in [-0.2, 0) is 0 Å². The van der Waals surface area contributed by atoms with Crippen LogP contribution in [0.15, 0.2) is 54.1 Å². The van der Waals surface area contributed by atoms with Crippen molar-refractivity contribution in [2.24, 2.45) is 10.1 Å². The number of halogens is 2. The van der Waals surface area contributed by atoms with E-state index in [-0.39, 0.29) is 0 Å². The van der Waals surface area contributed by atoms with Crippen molar-refractivity contribution in [1.82, 2.24) is 10.7 Å². The number of nitrogens with zero attached hydrogens (tertiary/aromatic N) is 2. The summed E-state index contributed by atoms with van der Waals surface area (Å²) in [7, 11) is 0. The molecule has 4 nitrogen and oxygen atoms in total. The minimum Gasteiger partial charge on any atom is -0.353 e. The average Bonchev–Trinajstić information content (AvgIpc) is 3.29. The molecule has 0 atom stereocenters. The Hall–Kier alpha value is -1.22. The van der Waals surface area contributed by atoms with Crippen LogP contribution in [0.25, 0.3) is 12.2 Å². The molecule has 24 heavy (non-hydrogen) atoms. The fourth-order valence-electron chi connectivity index (χ4n) is 1.89. The third-order valence-corrected chi connectivity index (χ3v) is 6.17. The van der Waals surface area contributed by atoms with Gasteiger partial charge in [-0.25, -0.2) is 10.4 Å². The SMILES string of the molecule is Brc1ccc(/C=C/C(/C=C/c2ccc(Br)s2)=NNC2=NCCN2)s1. The van der Waals surface area contributed by atoms with Gasteiger partial charge in [-0.15, -0.1) is 22.7 Å². The van der Waals surface area contributed by atoms with E-state index in [1.807, 2.05) is 24.3 Å². The molecule has 0 radical (unpaired) electrons. The maximum absolute atomic E-state index is 4.44. The number of guanidine groups is 1. The molecule has 0 saturated heterocycles. The van der Waals surface area contributed by atoms with E-state index in [2.05, 4.69) is 77.0 Å². The van der Waals surface area contributed by atoms with E-state index in [0.29, 0.717) is 5.96 Å². The number of thiophene rings is 2. The molecular formula is C16H14Br2N4S2. The lowest BCUT2D eigenvalue weighted by atomic mass is 10.2. The lowest BCUT2D eigenvalue weighted by Gasteiger charge is -2.01. The van der Waals surface area contributed by atoms with Crippen molar-refractivity contribution in [3.05, 3.63) is 53.7 Å². The average molecular weight is 486 g/mol. The highest BCUT2D eigenvalue weighted by molar-refractivity contribution is 9.11. The molecule has 3 heterocycles. The van der Waals surface area contributed by atoms with E-state index in [9.17, 15) is 0 Å². The number of hydrogen-bond acceptors (Lipinski definition) is 6. The standard InChI is InChI=1S/C16H14Br2N4S2/c17-14-7-5-12(23-14)3-1-11(21-22-16-19-9-10-20-16)2-4-13-6-8-15(18)24-13/h1-8H,9-10H2,(H2,19,20,22)/b3-1+,4-2+. The molecule has 1 aliphatic heterocycles. The molecule has 2 aromatic heterocycles. The molecule has 2 aromatic rings. The summed E-state index contributed by atoms with van der Waals surface area (Å²) in [5, 5.41) is 7.58. The molecule has 124 valence electrons. The Bertz CT molecular complexity index is 765. The van der Waals surface area contributed by atoms with Gasteiger partial charge in [-0.3, -0.25) is 0 Å². The third kappa shape index (κ3) is 5.41. The molecule has 1 aliphatic rings. The molecule has 0 amide bonds. The van der Waals surface area contributed by atoms with E-state index >= 15 is 0 Å². The first-order chi connectivity index (χ1) is 11.7. The number of allylic oxidation sites excluding steroid dienone is 2. The first-order valence-electron chi connectivity index (χ1n) is 7.18. The van der Waals surface area contributed by atoms with Crippen LogP contribution in [0.5, 0.6) is 0 Å². The van der Waals surface area contributed by atoms with Crippen molar-refractivity contribution in [1.29, 1.82) is 0 Å². The van der Waals surface area contributed by atoms with Gasteiger partial charge >= 0.3 is 0 Å². The van der Waals surface area contributed by atoms with Crippen LogP contribution in [0.1, 0.15) is 9.75 Å². The summed E-state index contributed by atoms with van der Waals surface area (Å²) in [5.41, 5.74) is 3.80. The Kier molecular flexibility index (Phi) is 6.42. The van der Waals surface area contributed by atoms with E-state index in [1.165, 1.54) is 0 Å². The maximum Gasteiger partial charge on any atom is 0.212 e. The number of rotatable bonds is 5. The van der Waals surface area contributed by atoms with Gasteiger partial charge in [-0.05, 0) is 80.4 Å².